The third kappa shape index (κ3) is 1.89. The first-order valence-corrected chi connectivity index (χ1v) is 5.03. The number of carbonyl (C=O) groups is 2. The van der Waals surface area contributed by atoms with Crippen LogP contribution in [0.5, 0.6) is 0 Å². The molecule has 4 nitrogen and oxygen atoms in total. The Kier molecular flexibility index (Phi) is 2.63. The lowest BCUT2D eigenvalue weighted by Gasteiger charge is -2.20. The van der Waals surface area contributed by atoms with Gasteiger partial charge in [0.1, 0.15) is 5.57 Å². The van der Waals surface area contributed by atoms with E-state index in [4.69, 9.17) is 0 Å². The normalized spacial score (nSPS) is 30.2. The summed E-state index contributed by atoms with van der Waals surface area (Å²) in [6, 6.07) is -0.678. The lowest BCUT2D eigenvalue weighted by Crippen LogP contribution is -2.36. The van der Waals surface area contributed by atoms with Gasteiger partial charge >= 0.3 is 12.1 Å². The number of nitrogens with one attached hydrogen (secondary N) is 1. The van der Waals surface area contributed by atoms with E-state index in [9.17, 15) is 22.8 Å². The second-order valence-corrected chi connectivity index (χ2v) is 4.09. The van der Waals surface area contributed by atoms with Gasteiger partial charge in [-0.3, -0.25) is 4.79 Å². The van der Waals surface area contributed by atoms with Crippen LogP contribution >= 0.6 is 0 Å². The largest absolute Gasteiger partial charge is 0.465 e. The molecule has 2 atom stereocenters. The fourth-order valence-electron chi connectivity index (χ4n) is 2.36. The van der Waals surface area contributed by atoms with E-state index < -0.39 is 29.7 Å². The highest BCUT2D eigenvalue weighted by Crippen LogP contribution is 2.42. The van der Waals surface area contributed by atoms with Gasteiger partial charge < -0.3 is 10.1 Å². The second-order valence-electron chi connectivity index (χ2n) is 4.09. The van der Waals surface area contributed by atoms with Gasteiger partial charge in [0, 0.05) is 5.92 Å². The highest BCUT2D eigenvalue weighted by Gasteiger charge is 2.50. The Hall–Kier alpha value is -1.53. The maximum absolute atomic E-state index is 12.8. The maximum atomic E-state index is 12.8. The van der Waals surface area contributed by atoms with E-state index in [1.165, 1.54) is 0 Å². The zero-order valence-corrected chi connectivity index (χ0v) is 8.93. The van der Waals surface area contributed by atoms with Crippen LogP contribution in [0.25, 0.3) is 0 Å². The predicted octanol–water partition coefficient (Wildman–Crippen LogP) is 0.927. The molecule has 1 saturated heterocycles. The van der Waals surface area contributed by atoms with E-state index in [1.54, 1.807) is 0 Å². The zero-order chi connectivity index (χ0) is 12.8. The Balaban J connectivity index is 2.41. The molecule has 0 aromatic heterocycles. The summed E-state index contributed by atoms with van der Waals surface area (Å²) in [5.41, 5.74) is -1.33. The molecule has 2 bridgehead atoms. The van der Waals surface area contributed by atoms with Crippen molar-refractivity contribution in [3.05, 3.63) is 11.1 Å². The second kappa shape index (κ2) is 3.75. The molecule has 0 unspecified atom stereocenters. The van der Waals surface area contributed by atoms with Crippen molar-refractivity contribution in [3.63, 3.8) is 0 Å². The molecule has 1 aliphatic carbocycles. The zero-order valence-electron chi connectivity index (χ0n) is 8.93. The summed E-state index contributed by atoms with van der Waals surface area (Å²) in [4.78, 5) is 22.4. The molecule has 2 rings (SSSR count). The average Bonchev–Trinajstić information content (AvgIpc) is 2.74. The van der Waals surface area contributed by atoms with Crippen LogP contribution in [0.15, 0.2) is 11.1 Å². The number of fused-ring (bicyclic) bond motifs is 2. The van der Waals surface area contributed by atoms with Crippen LogP contribution in [0.2, 0.25) is 0 Å². The molecule has 0 aromatic rings. The molecule has 0 spiro atoms. The standard InChI is InChI=1S/C10H10F3NO3/c1-17-9(16)7(10(11,12)13)5-2-4-3-6(5)14-8(4)15/h4,6H,2-3H2,1H3,(H,14,15)/b7-5-/t4-,6-/m0/s1. The first-order valence-electron chi connectivity index (χ1n) is 5.03. The van der Waals surface area contributed by atoms with Gasteiger partial charge in [0.2, 0.25) is 5.91 Å². The molecular weight excluding hydrogens is 239 g/mol. The molecule has 94 valence electrons. The van der Waals surface area contributed by atoms with Gasteiger partial charge in [-0.1, -0.05) is 0 Å². The van der Waals surface area contributed by atoms with Gasteiger partial charge in [-0.15, -0.1) is 0 Å². The fraction of sp³-hybridized carbons (Fsp3) is 0.600. The minimum atomic E-state index is -4.75. The first kappa shape index (κ1) is 11.9. The van der Waals surface area contributed by atoms with Crippen molar-refractivity contribution < 1.29 is 27.5 Å². The van der Waals surface area contributed by atoms with Crippen molar-refractivity contribution in [2.45, 2.75) is 25.1 Å². The van der Waals surface area contributed by atoms with E-state index in [2.05, 4.69) is 10.1 Å². The Morgan fingerprint density at radius 1 is 1.47 bits per heavy atom. The van der Waals surface area contributed by atoms with Crippen molar-refractivity contribution in [3.8, 4) is 0 Å². The summed E-state index contributed by atoms with van der Waals surface area (Å²) in [7, 11) is 0.903. The quantitative estimate of drug-likeness (QED) is 0.555. The SMILES string of the molecule is COC(=O)/C(=C1\C[C@H]2C[C@@H]1NC2=O)C(F)(F)F. The molecule has 2 aliphatic rings. The summed E-state index contributed by atoms with van der Waals surface area (Å²) in [5, 5.41) is 2.43. The number of ether oxygens (including phenoxy) is 1. The third-order valence-corrected chi connectivity index (χ3v) is 3.09. The van der Waals surface area contributed by atoms with E-state index in [-0.39, 0.29) is 17.9 Å². The Morgan fingerprint density at radius 3 is 2.47 bits per heavy atom. The van der Waals surface area contributed by atoms with Gasteiger partial charge in [0.05, 0.1) is 13.2 Å². The summed E-state index contributed by atoms with van der Waals surface area (Å²) in [6.45, 7) is 0. The minimum absolute atomic E-state index is 0.0134. The smallest absolute Gasteiger partial charge is 0.423 e. The lowest BCUT2D eigenvalue weighted by atomic mass is 9.99. The van der Waals surface area contributed by atoms with Crippen LogP contribution in [0.4, 0.5) is 13.2 Å². The van der Waals surface area contributed by atoms with E-state index in [0.717, 1.165) is 7.11 Å². The van der Waals surface area contributed by atoms with Crippen LogP contribution in [-0.4, -0.2) is 31.2 Å². The van der Waals surface area contributed by atoms with Crippen molar-refractivity contribution in [2.24, 2.45) is 5.92 Å². The van der Waals surface area contributed by atoms with E-state index in [0.29, 0.717) is 6.42 Å². The summed E-state index contributed by atoms with van der Waals surface area (Å²) < 4.78 is 42.4. The minimum Gasteiger partial charge on any atom is -0.465 e. The number of alkyl halides is 3. The van der Waals surface area contributed by atoms with E-state index >= 15 is 0 Å². The number of amides is 1. The number of hydrogen-bond donors (Lipinski definition) is 1. The van der Waals surface area contributed by atoms with Gasteiger partial charge in [0.25, 0.3) is 0 Å². The number of hydrogen-bond acceptors (Lipinski definition) is 3. The Labute approximate surface area is 94.8 Å². The fourth-order valence-corrected chi connectivity index (χ4v) is 2.36. The Bertz CT molecular complexity index is 414. The number of methoxy groups -OCH3 is 1. The third-order valence-electron chi connectivity index (χ3n) is 3.09. The molecular formula is C10H10F3NO3. The lowest BCUT2D eigenvalue weighted by molar-refractivity contribution is -0.148. The van der Waals surface area contributed by atoms with Gasteiger partial charge in [-0.05, 0) is 18.4 Å². The number of piperidine rings is 1. The molecule has 1 saturated carbocycles. The van der Waals surface area contributed by atoms with Gasteiger partial charge in [-0.25, -0.2) is 4.79 Å². The number of carbonyl (C=O) groups excluding carboxylic acids is 2. The average molecular weight is 249 g/mol. The van der Waals surface area contributed by atoms with Crippen LogP contribution < -0.4 is 5.32 Å². The van der Waals surface area contributed by atoms with Gasteiger partial charge in [-0.2, -0.15) is 13.2 Å². The van der Waals surface area contributed by atoms with Crippen molar-refractivity contribution in [1.82, 2.24) is 5.32 Å². The Morgan fingerprint density at radius 2 is 2.12 bits per heavy atom. The molecule has 1 N–H and O–H groups in total. The molecule has 0 aromatic carbocycles. The molecule has 2 fully saturated rings. The highest BCUT2D eigenvalue weighted by molar-refractivity contribution is 5.93. The molecule has 7 heteroatoms. The predicted molar refractivity (Wildman–Crippen MR) is 49.8 cm³/mol. The maximum Gasteiger partial charge on any atom is 0.423 e. The molecule has 1 aliphatic heterocycles. The first-order chi connectivity index (χ1) is 7.84. The molecule has 0 radical (unpaired) electrons. The van der Waals surface area contributed by atoms with Crippen molar-refractivity contribution >= 4 is 11.9 Å². The summed E-state index contributed by atoms with van der Waals surface area (Å²) in [6.07, 6.45) is -4.44. The van der Waals surface area contributed by atoms with Crippen LogP contribution in [0, 0.1) is 5.92 Å². The molecule has 17 heavy (non-hydrogen) atoms. The number of halogens is 3. The van der Waals surface area contributed by atoms with Crippen molar-refractivity contribution in [1.29, 1.82) is 0 Å². The monoisotopic (exact) mass is 249 g/mol. The topological polar surface area (TPSA) is 55.4 Å². The van der Waals surface area contributed by atoms with Crippen molar-refractivity contribution in [2.75, 3.05) is 7.11 Å². The van der Waals surface area contributed by atoms with Crippen LogP contribution in [0.3, 0.4) is 0 Å². The van der Waals surface area contributed by atoms with E-state index in [1.807, 2.05) is 0 Å². The van der Waals surface area contributed by atoms with Crippen LogP contribution in [0.1, 0.15) is 12.8 Å². The molecule has 1 heterocycles. The number of rotatable bonds is 1. The molecule has 1 amide bonds. The number of esters is 1. The summed E-state index contributed by atoms with van der Waals surface area (Å²) >= 11 is 0. The summed E-state index contributed by atoms with van der Waals surface area (Å²) in [5.74, 6) is -2.09. The van der Waals surface area contributed by atoms with Crippen LogP contribution in [-0.2, 0) is 14.3 Å². The van der Waals surface area contributed by atoms with Gasteiger partial charge in [0.15, 0.2) is 0 Å². The highest BCUT2D eigenvalue weighted by atomic mass is 19.4.